The molecule has 148 valence electrons. The fourth-order valence-corrected chi connectivity index (χ4v) is 5.09. The molecule has 0 atom stereocenters. The SMILES string of the molecule is Cc1cc(/C=C/S(=O)(=O)Cc2nc3ccc(Cl)cc3n2S(C)(=O)=O)ccc1Cl. The largest absolute Gasteiger partial charge is 0.237 e. The minimum atomic E-state index is -3.79. The Labute approximate surface area is 173 Å². The minimum absolute atomic E-state index is 0.100. The summed E-state index contributed by atoms with van der Waals surface area (Å²) in [6, 6.07) is 9.66. The van der Waals surface area contributed by atoms with E-state index in [0.717, 1.165) is 21.2 Å². The van der Waals surface area contributed by atoms with Gasteiger partial charge in [0.25, 0.3) is 0 Å². The third-order valence-corrected chi connectivity index (χ3v) is 6.89. The van der Waals surface area contributed by atoms with Gasteiger partial charge in [-0.1, -0.05) is 35.3 Å². The lowest BCUT2D eigenvalue weighted by molar-refractivity contribution is 0.592. The summed E-state index contributed by atoms with van der Waals surface area (Å²) in [5.74, 6) is -0.674. The lowest BCUT2D eigenvalue weighted by atomic mass is 10.1. The Morgan fingerprint density at radius 3 is 2.43 bits per heavy atom. The van der Waals surface area contributed by atoms with Crippen LogP contribution >= 0.6 is 23.2 Å². The third-order valence-electron chi connectivity index (χ3n) is 3.95. The highest BCUT2D eigenvalue weighted by Gasteiger charge is 2.22. The molecule has 0 saturated carbocycles. The molecule has 1 aromatic heterocycles. The number of benzene rings is 2. The first-order chi connectivity index (χ1) is 13.0. The first-order valence-electron chi connectivity index (χ1n) is 8.01. The second kappa shape index (κ2) is 7.51. The van der Waals surface area contributed by atoms with E-state index in [4.69, 9.17) is 23.2 Å². The van der Waals surface area contributed by atoms with Crippen LogP contribution in [0.5, 0.6) is 0 Å². The van der Waals surface area contributed by atoms with Crippen molar-refractivity contribution in [3.05, 3.63) is 68.8 Å². The lowest BCUT2D eigenvalue weighted by Crippen LogP contribution is -2.16. The van der Waals surface area contributed by atoms with Gasteiger partial charge < -0.3 is 0 Å². The second-order valence-electron chi connectivity index (χ2n) is 6.31. The summed E-state index contributed by atoms with van der Waals surface area (Å²) < 4.78 is 50.5. The molecule has 10 heteroatoms. The van der Waals surface area contributed by atoms with Gasteiger partial charge in [-0.3, -0.25) is 0 Å². The van der Waals surface area contributed by atoms with E-state index in [1.54, 1.807) is 30.3 Å². The Hall–Kier alpha value is -1.87. The molecule has 0 fully saturated rings. The molecule has 3 rings (SSSR count). The predicted molar refractivity (Wildman–Crippen MR) is 113 cm³/mol. The molecule has 0 N–H and O–H groups in total. The Balaban J connectivity index is 2.01. The van der Waals surface area contributed by atoms with Crippen LogP contribution in [-0.4, -0.2) is 32.0 Å². The molecule has 3 aromatic rings. The maximum atomic E-state index is 12.6. The topological polar surface area (TPSA) is 86.1 Å². The minimum Gasteiger partial charge on any atom is -0.231 e. The summed E-state index contributed by atoms with van der Waals surface area (Å²) >= 11 is 11.9. The van der Waals surface area contributed by atoms with Crippen LogP contribution in [-0.2, 0) is 25.6 Å². The molecule has 0 unspecified atom stereocenters. The van der Waals surface area contributed by atoms with Crippen molar-refractivity contribution in [2.75, 3.05) is 6.26 Å². The number of hydrogen-bond acceptors (Lipinski definition) is 5. The Kier molecular flexibility index (Phi) is 5.60. The molecule has 0 saturated heterocycles. The number of halogens is 2. The van der Waals surface area contributed by atoms with Gasteiger partial charge in [0.2, 0.25) is 10.0 Å². The zero-order chi connectivity index (χ0) is 20.7. The number of aromatic nitrogens is 2. The van der Waals surface area contributed by atoms with Gasteiger partial charge in [0.1, 0.15) is 11.6 Å². The van der Waals surface area contributed by atoms with Gasteiger partial charge in [-0.25, -0.2) is 25.8 Å². The zero-order valence-corrected chi connectivity index (χ0v) is 18.1. The zero-order valence-electron chi connectivity index (χ0n) is 14.9. The average molecular weight is 459 g/mol. The molecule has 0 spiro atoms. The summed E-state index contributed by atoms with van der Waals surface area (Å²) in [6.45, 7) is 1.81. The first-order valence-corrected chi connectivity index (χ1v) is 12.3. The predicted octanol–water partition coefficient (Wildman–Crippen LogP) is 4.04. The van der Waals surface area contributed by atoms with Crippen molar-refractivity contribution >= 4 is 60.2 Å². The number of sulfone groups is 1. The van der Waals surface area contributed by atoms with Gasteiger partial charge in [-0.15, -0.1) is 0 Å². The second-order valence-corrected chi connectivity index (χ2v) is 10.9. The normalized spacial score (nSPS) is 12.9. The van der Waals surface area contributed by atoms with Crippen LogP contribution in [0.3, 0.4) is 0 Å². The molecule has 0 aliphatic rings. The number of nitrogens with zero attached hydrogens (tertiary/aromatic N) is 2. The summed E-state index contributed by atoms with van der Waals surface area (Å²) in [4.78, 5) is 4.18. The van der Waals surface area contributed by atoms with Gasteiger partial charge in [0.05, 0.1) is 17.3 Å². The molecular formula is C18H16Cl2N2O4S2. The Bertz CT molecular complexity index is 1310. The lowest BCUT2D eigenvalue weighted by Gasteiger charge is -2.06. The molecule has 0 aliphatic heterocycles. The maximum absolute atomic E-state index is 12.6. The highest BCUT2D eigenvalue weighted by atomic mass is 35.5. The summed E-state index contributed by atoms with van der Waals surface area (Å²) in [6.07, 6.45) is 2.42. The van der Waals surface area contributed by atoms with Crippen molar-refractivity contribution in [2.45, 2.75) is 12.7 Å². The Morgan fingerprint density at radius 2 is 1.79 bits per heavy atom. The van der Waals surface area contributed by atoms with Crippen LogP contribution in [0.4, 0.5) is 0 Å². The van der Waals surface area contributed by atoms with Crippen LogP contribution in [0.25, 0.3) is 17.1 Å². The van der Waals surface area contributed by atoms with Crippen LogP contribution in [0.15, 0.2) is 41.8 Å². The highest BCUT2D eigenvalue weighted by molar-refractivity contribution is 7.93. The summed E-state index contributed by atoms with van der Waals surface area (Å²) in [5, 5.41) is 1.94. The average Bonchev–Trinajstić information content (AvgIpc) is 2.92. The fraction of sp³-hybridized carbons (Fsp3) is 0.167. The van der Waals surface area contributed by atoms with Crippen molar-refractivity contribution in [3.63, 3.8) is 0 Å². The maximum Gasteiger partial charge on any atom is 0.237 e. The van der Waals surface area contributed by atoms with Crippen LogP contribution in [0.2, 0.25) is 10.0 Å². The number of imidazole rings is 1. The monoisotopic (exact) mass is 458 g/mol. The molecule has 28 heavy (non-hydrogen) atoms. The van der Waals surface area contributed by atoms with Crippen LogP contribution < -0.4 is 0 Å². The molecule has 0 radical (unpaired) electrons. The smallest absolute Gasteiger partial charge is 0.231 e. The molecule has 0 bridgehead atoms. The van der Waals surface area contributed by atoms with Gasteiger partial charge >= 0.3 is 0 Å². The number of fused-ring (bicyclic) bond motifs is 1. The van der Waals surface area contributed by atoms with Crippen LogP contribution in [0, 0.1) is 6.92 Å². The standard InChI is InChI=1S/C18H16Cl2N2O4S2/c1-12-9-13(3-5-15(12)20)7-8-28(25,26)11-18-21-16-6-4-14(19)10-17(16)22(18)27(2,23)24/h3-10H,11H2,1-2H3/b8-7+. The molecule has 0 amide bonds. The molecular weight excluding hydrogens is 443 g/mol. The van der Waals surface area contributed by atoms with E-state index in [9.17, 15) is 16.8 Å². The van der Waals surface area contributed by atoms with E-state index in [1.165, 1.54) is 12.1 Å². The van der Waals surface area contributed by atoms with Crippen LogP contribution in [0.1, 0.15) is 17.0 Å². The third kappa shape index (κ3) is 4.57. The molecule has 1 heterocycles. The number of aryl methyl sites for hydroxylation is 1. The highest BCUT2D eigenvalue weighted by Crippen LogP contribution is 2.24. The van der Waals surface area contributed by atoms with Gasteiger partial charge in [0.15, 0.2) is 9.84 Å². The van der Waals surface area contributed by atoms with E-state index in [-0.39, 0.29) is 11.3 Å². The van der Waals surface area contributed by atoms with Crippen molar-refractivity contribution < 1.29 is 16.8 Å². The number of hydrogen-bond donors (Lipinski definition) is 0. The van der Waals surface area contributed by atoms with E-state index in [1.807, 2.05) is 6.92 Å². The van der Waals surface area contributed by atoms with E-state index in [0.29, 0.717) is 21.1 Å². The number of rotatable bonds is 5. The van der Waals surface area contributed by atoms with E-state index in [2.05, 4.69) is 4.98 Å². The summed E-state index contributed by atoms with van der Waals surface area (Å²) in [5.41, 5.74) is 2.06. The van der Waals surface area contributed by atoms with Crippen molar-refractivity contribution in [3.8, 4) is 0 Å². The molecule has 0 aliphatic carbocycles. The van der Waals surface area contributed by atoms with Gasteiger partial charge in [-0.05, 0) is 48.4 Å². The van der Waals surface area contributed by atoms with E-state index >= 15 is 0 Å². The fourth-order valence-electron chi connectivity index (χ4n) is 2.72. The van der Waals surface area contributed by atoms with E-state index < -0.39 is 25.6 Å². The van der Waals surface area contributed by atoms with Gasteiger partial charge in [0, 0.05) is 15.5 Å². The van der Waals surface area contributed by atoms with Crippen molar-refractivity contribution in [1.82, 2.24) is 8.96 Å². The van der Waals surface area contributed by atoms with Crippen molar-refractivity contribution in [1.29, 1.82) is 0 Å². The van der Waals surface area contributed by atoms with Crippen molar-refractivity contribution in [2.24, 2.45) is 0 Å². The first kappa shape index (κ1) is 20.9. The van der Waals surface area contributed by atoms with Gasteiger partial charge in [-0.2, -0.15) is 0 Å². The Morgan fingerprint density at radius 1 is 1.07 bits per heavy atom. The summed E-state index contributed by atoms with van der Waals surface area (Å²) in [7, 11) is -7.58. The molecule has 6 nitrogen and oxygen atoms in total. The molecule has 2 aromatic carbocycles. The quantitative estimate of drug-likeness (QED) is 0.575.